The van der Waals surface area contributed by atoms with Crippen molar-refractivity contribution >= 4 is 23.2 Å². The number of amides is 2. The van der Waals surface area contributed by atoms with E-state index in [-0.39, 0.29) is 11.8 Å². The van der Waals surface area contributed by atoms with Gasteiger partial charge in [-0.1, -0.05) is 30.3 Å². The highest BCUT2D eigenvalue weighted by Gasteiger charge is 2.18. The van der Waals surface area contributed by atoms with Gasteiger partial charge in [0.1, 0.15) is 11.5 Å². The minimum Gasteiger partial charge on any atom is -0.481 e. The molecule has 172 valence electrons. The molecular formula is C27H30N2O4. The zero-order valence-corrected chi connectivity index (χ0v) is 19.6. The minimum absolute atomic E-state index is 0.278. The molecule has 2 N–H and O–H groups in total. The summed E-state index contributed by atoms with van der Waals surface area (Å²) in [5, 5.41) is 5.73. The van der Waals surface area contributed by atoms with Gasteiger partial charge < -0.3 is 20.1 Å². The van der Waals surface area contributed by atoms with Crippen molar-refractivity contribution in [2.24, 2.45) is 0 Å². The van der Waals surface area contributed by atoms with Gasteiger partial charge in [0.15, 0.2) is 12.2 Å². The molecule has 6 nitrogen and oxygen atoms in total. The van der Waals surface area contributed by atoms with Gasteiger partial charge in [0.2, 0.25) is 0 Å². The summed E-state index contributed by atoms with van der Waals surface area (Å²) in [6, 6.07) is 20.4. The number of carbonyl (C=O) groups excluding carboxylic acids is 2. The van der Waals surface area contributed by atoms with Gasteiger partial charge in [-0.25, -0.2) is 0 Å². The summed E-state index contributed by atoms with van der Waals surface area (Å²) >= 11 is 0. The Morgan fingerprint density at radius 1 is 0.697 bits per heavy atom. The Morgan fingerprint density at radius 2 is 1.21 bits per heavy atom. The summed E-state index contributed by atoms with van der Waals surface area (Å²) in [6.45, 7) is 9.21. The van der Waals surface area contributed by atoms with E-state index in [0.29, 0.717) is 22.9 Å². The molecule has 0 saturated carbocycles. The number of anilines is 2. The predicted molar refractivity (Wildman–Crippen MR) is 131 cm³/mol. The Hall–Kier alpha value is -3.80. The van der Waals surface area contributed by atoms with Crippen molar-refractivity contribution in [2.75, 3.05) is 10.6 Å². The van der Waals surface area contributed by atoms with Crippen LogP contribution in [0.3, 0.4) is 0 Å². The van der Waals surface area contributed by atoms with Gasteiger partial charge in [-0.2, -0.15) is 0 Å². The van der Waals surface area contributed by atoms with E-state index >= 15 is 0 Å². The number of hydrogen-bond donors (Lipinski definition) is 2. The Morgan fingerprint density at radius 3 is 1.73 bits per heavy atom. The van der Waals surface area contributed by atoms with Gasteiger partial charge in [0.05, 0.1) is 0 Å². The fourth-order valence-corrected chi connectivity index (χ4v) is 3.21. The van der Waals surface area contributed by atoms with Gasteiger partial charge in [-0.15, -0.1) is 0 Å². The second kappa shape index (κ2) is 10.7. The van der Waals surface area contributed by atoms with Crippen molar-refractivity contribution < 1.29 is 19.1 Å². The molecule has 6 heteroatoms. The smallest absolute Gasteiger partial charge is 0.265 e. The van der Waals surface area contributed by atoms with Gasteiger partial charge in [0, 0.05) is 11.4 Å². The molecular weight excluding hydrogens is 416 g/mol. The lowest BCUT2D eigenvalue weighted by Gasteiger charge is -2.18. The third-order valence-electron chi connectivity index (χ3n) is 5.11. The highest BCUT2D eigenvalue weighted by molar-refractivity contribution is 5.97. The summed E-state index contributed by atoms with van der Waals surface area (Å²) in [4.78, 5) is 25.3. The van der Waals surface area contributed by atoms with E-state index in [0.717, 1.165) is 16.7 Å². The third-order valence-corrected chi connectivity index (χ3v) is 5.11. The van der Waals surface area contributed by atoms with Crippen LogP contribution in [0.2, 0.25) is 0 Å². The van der Waals surface area contributed by atoms with E-state index in [1.165, 1.54) is 0 Å². The molecule has 0 spiro atoms. The molecule has 2 amide bonds. The number of aryl methyl sites for hydroxylation is 3. The summed E-state index contributed by atoms with van der Waals surface area (Å²) < 4.78 is 11.5. The van der Waals surface area contributed by atoms with E-state index < -0.39 is 12.2 Å². The first-order valence-corrected chi connectivity index (χ1v) is 10.9. The summed E-state index contributed by atoms with van der Waals surface area (Å²) in [7, 11) is 0. The van der Waals surface area contributed by atoms with Crippen molar-refractivity contribution in [3.8, 4) is 11.5 Å². The first-order valence-electron chi connectivity index (χ1n) is 10.9. The molecule has 3 rings (SSSR count). The van der Waals surface area contributed by atoms with Crippen LogP contribution in [0.4, 0.5) is 11.4 Å². The first-order chi connectivity index (χ1) is 15.7. The maximum Gasteiger partial charge on any atom is 0.265 e. The Bertz CT molecular complexity index is 1140. The Labute approximate surface area is 194 Å². The molecule has 3 aromatic carbocycles. The van der Waals surface area contributed by atoms with Crippen molar-refractivity contribution in [3.63, 3.8) is 0 Å². The van der Waals surface area contributed by atoms with Crippen molar-refractivity contribution in [3.05, 3.63) is 83.4 Å². The molecule has 0 aliphatic carbocycles. The van der Waals surface area contributed by atoms with Crippen molar-refractivity contribution in [1.82, 2.24) is 0 Å². The van der Waals surface area contributed by atoms with E-state index in [2.05, 4.69) is 10.6 Å². The fourth-order valence-electron chi connectivity index (χ4n) is 3.21. The van der Waals surface area contributed by atoms with Crippen molar-refractivity contribution in [1.29, 1.82) is 0 Å². The van der Waals surface area contributed by atoms with E-state index in [1.807, 2.05) is 75.4 Å². The summed E-state index contributed by atoms with van der Waals surface area (Å²) in [5.41, 5.74) is 4.14. The number of carbonyl (C=O) groups is 2. The van der Waals surface area contributed by atoms with Crippen LogP contribution in [0.1, 0.15) is 30.5 Å². The Kier molecular flexibility index (Phi) is 7.72. The van der Waals surface area contributed by atoms with Crippen molar-refractivity contribution in [2.45, 2.75) is 46.8 Å². The summed E-state index contributed by atoms with van der Waals surface area (Å²) in [6.07, 6.45) is -1.37. The average molecular weight is 447 g/mol. The lowest BCUT2D eigenvalue weighted by Crippen LogP contribution is -2.31. The molecule has 3 aromatic rings. The maximum absolute atomic E-state index is 12.7. The summed E-state index contributed by atoms with van der Waals surface area (Å²) in [5.74, 6) is 0.711. The van der Waals surface area contributed by atoms with E-state index in [9.17, 15) is 9.59 Å². The molecule has 0 aliphatic rings. The number of benzene rings is 3. The predicted octanol–water partition coefficient (Wildman–Crippen LogP) is 5.42. The molecule has 0 fully saturated rings. The SMILES string of the molecule is Cc1cccc(OC(C)C(=O)Nc2ccc(C)c(NC(=O)C(C)Oc3cccc(C)c3)c2)c1. The topological polar surface area (TPSA) is 76.7 Å². The number of ether oxygens (including phenoxy) is 2. The standard InChI is InChI=1S/C27H30N2O4/c1-17-8-6-10-23(14-17)32-20(4)26(30)28-22-13-12-19(3)25(16-22)29-27(31)21(5)33-24-11-7-9-18(2)15-24/h6-16,20-21H,1-5H3,(H,28,30)(H,29,31). The molecule has 33 heavy (non-hydrogen) atoms. The van der Waals surface area contributed by atoms with Crippen LogP contribution < -0.4 is 20.1 Å². The molecule has 2 unspecified atom stereocenters. The van der Waals surface area contributed by atoms with E-state index in [4.69, 9.17) is 9.47 Å². The molecule has 2 atom stereocenters. The molecule has 0 radical (unpaired) electrons. The van der Waals surface area contributed by atoms with Gasteiger partial charge in [-0.3, -0.25) is 9.59 Å². The largest absolute Gasteiger partial charge is 0.481 e. The average Bonchev–Trinajstić information content (AvgIpc) is 2.76. The molecule has 0 bridgehead atoms. The number of nitrogens with one attached hydrogen (secondary N) is 2. The van der Waals surface area contributed by atoms with Gasteiger partial charge >= 0.3 is 0 Å². The highest BCUT2D eigenvalue weighted by atomic mass is 16.5. The Balaban J connectivity index is 1.62. The van der Waals surface area contributed by atoms with Crippen LogP contribution in [0.5, 0.6) is 11.5 Å². The molecule has 0 saturated heterocycles. The molecule has 0 heterocycles. The van der Waals surface area contributed by atoms with Crippen LogP contribution in [0.15, 0.2) is 66.7 Å². The van der Waals surface area contributed by atoms with E-state index in [1.54, 1.807) is 26.0 Å². The number of hydrogen-bond acceptors (Lipinski definition) is 4. The number of rotatable bonds is 8. The quantitative estimate of drug-likeness (QED) is 0.484. The normalized spacial score (nSPS) is 12.4. The fraction of sp³-hybridized carbons (Fsp3) is 0.259. The monoisotopic (exact) mass is 446 g/mol. The second-order valence-electron chi connectivity index (χ2n) is 8.16. The molecule has 0 aliphatic heterocycles. The third kappa shape index (κ3) is 6.84. The zero-order valence-electron chi connectivity index (χ0n) is 19.6. The van der Waals surface area contributed by atoms with Gasteiger partial charge in [-0.05, 0) is 87.7 Å². The van der Waals surface area contributed by atoms with Crippen LogP contribution in [-0.2, 0) is 9.59 Å². The highest BCUT2D eigenvalue weighted by Crippen LogP contribution is 2.22. The van der Waals surface area contributed by atoms with Crippen LogP contribution in [0, 0.1) is 20.8 Å². The lowest BCUT2D eigenvalue weighted by molar-refractivity contribution is -0.122. The maximum atomic E-state index is 12.7. The lowest BCUT2D eigenvalue weighted by atomic mass is 10.1. The van der Waals surface area contributed by atoms with Gasteiger partial charge in [0.25, 0.3) is 11.8 Å². The zero-order chi connectivity index (χ0) is 24.0. The van der Waals surface area contributed by atoms with Crippen LogP contribution in [-0.4, -0.2) is 24.0 Å². The molecule has 0 aromatic heterocycles. The minimum atomic E-state index is -0.688. The second-order valence-corrected chi connectivity index (χ2v) is 8.16. The first kappa shape index (κ1) is 23.9. The van der Waals surface area contributed by atoms with Crippen LogP contribution in [0.25, 0.3) is 0 Å². The van der Waals surface area contributed by atoms with Crippen LogP contribution >= 0.6 is 0 Å².